The van der Waals surface area contributed by atoms with Crippen molar-refractivity contribution in [3.8, 4) is 10.9 Å². The Kier molecular flexibility index (Phi) is 4.79. The summed E-state index contributed by atoms with van der Waals surface area (Å²) in [5.74, 6) is 0.400. The summed E-state index contributed by atoms with van der Waals surface area (Å²) in [4.78, 5) is 16.7. The molecule has 0 saturated heterocycles. The molecule has 2 heterocycles. The van der Waals surface area contributed by atoms with Crippen LogP contribution in [0, 0.1) is 19.7 Å². The normalized spacial score (nSPS) is 11.0. The zero-order valence-corrected chi connectivity index (χ0v) is 16.1. The molecule has 8 heteroatoms. The largest absolute Gasteiger partial charge is 0.483 e. The van der Waals surface area contributed by atoms with E-state index in [4.69, 9.17) is 4.74 Å². The van der Waals surface area contributed by atoms with Crippen molar-refractivity contribution in [1.29, 1.82) is 0 Å². The predicted molar refractivity (Wildman–Crippen MR) is 107 cm³/mol. The summed E-state index contributed by atoms with van der Waals surface area (Å²) in [5, 5.41) is 7.64. The smallest absolute Gasteiger partial charge is 0.263 e. The number of aromatic nitrogens is 3. The molecule has 0 aliphatic rings. The van der Waals surface area contributed by atoms with Crippen molar-refractivity contribution in [3.63, 3.8) is 0 Å². The van der Waals surface area contributed by atoms with E-state index in [1.807, 2.05) is 38.1 Å². The first-order valence-corrected chi connectivity index (χ1v) is 9.43. The number of fused-ring (bicyclic) bond motifs is 1. The maximum absolute atomic E-state index is 14.0. The number of amides is 1. The van der Waals surface area contributed by atoms with Crippen molar-refractivity contribution in [2.75, 3.05) is 11.9 Å². The standard InChI is InChI=1S/C20H17FN4O2S/c1-12-6-3-4-8-15(12)27-11-18(26)22-17-10-13(2)24-25(17)20-23-19-14(21)7-5-9-16(19)28-20/h3-10H,11H2,1-2H3,(H,22,26). The van der Waals surface area contributed by atoms with Gasteiger partial charge < -0.3 is 10.1 Å². The Morgan fingerprint density at radius 1 is 1.21 bits per heavy atom. The molecule has 0 bridgehead atoms. The lowest BCUT2D eigenvalue weighted by Crippen LogP contribution is -2.22. The second-order valence-corrected chi connectivity index (χ2v) is 7.28. The molecule has 0 aliphatic heterocycles. The number of aryl methyl sites for hydroxylation is 2. The molecule has 4 rings (SSSR count). The number of hydrogen-bond acceptors (Lipinski definition) is 5. The Balaban J connectivity index is 1.55. The van der Waals surface area contributed by atoms with E-state index < -0.39 is 0 Å². The maximum atomic E-state index is 14.0. The van der Waals surface area contributed by atoms with Crippen LogP contribution in [0.1, 0.15) is 11.3 Å². The van der Waals surface area contributed by atoms with Crippen molar-refractivity contribution in [2.45, 2.75) is 13.8 Å². The van der Waals surface area contributed by atoms with E-state index in [0.29, 0.717) is 27.1 Å². The van der Waals surface area contributed by atoms with Gasteiger partial charge in [-0.15, -0.1) is 0 Å². The van der Waals surface area contributed by atoms with E-state index in [0.717, 1.165) is 5.56 Å². The molecule has 142 valence electrons. The van der Waals surface area contributed by atoms with E-state index in [1.165, 1.54) is 22.1 Å². The van der Waals surface area contributed by atoms with Crippen LogP contribution in [0.5, 0.6) is 5.75 Å². The van der Waals surface area contributed by atoms with Crippen LogP contribution in [0.25, 0.3) is 15.3 Å². The van der Waals surface area contributed by atoms with Crippen LogP contribution in [0.4, 0.5) is 10.2 Å². The van der Waals surface area contributed by atoms with E-state index >= 15 is 0 Å². The third-order valence-electron chi connectivity index (χ3n) is 4.09. The lowest BCUT2D eigenvalue weighted by Gasteiger charge is -2.09. The molecule has 28 heavy (non-hydrogen) atoms. The molecule has 1 N–H and O–H groups in total. The molecule has 6 nitrogen and oxygen atoms in total. The highest BCUT2D eigenvalue weighted by atomic mass is 32.1. The van der Waals surface area contributed by atoms with Gasteiger partial charge in [0.1, 0.15) is 22.9 Å². The molecule has 0 unspecified atom stereocenters. The number of carbonyl (C=O) groups excluding carboxylic acids is 1. The lowest BCUT2D eigenvalue weighted by molar-refractivity contribution is -0.118. The second-order valence-electron chi connectivity index (χ2n) is 6.27. The van der Waals surface area contributed by atoms with Crippen molar-refractivity contribution in [1.82, 2.24) is 14.8 Å². The van der Waals surface area contributed by atoms with Crippen molar-refractivity contribution < 1.29 is 13.9 Å². The van der Waals surface area contributed by atoms with Crippen LogP contribution in [-0.4, -0.2) is 27.3 Å². The number of nitrogens with zero attached hydrogens (tertiary/aromatic N) is 3. The molecular weight excluding hydrogens is 379 g/mol. The van der Waals surface area contributed by atoms with Gasteiger partial charge in [-0.25, -0.2) is 9.37 Å². The van der Waals surface area contributed by atoms with Crippen LogP contribution in [-0.2, 0) is 4.79 Å². The van der Waals surface area contributed by atoms with Crippen LogP contribution in [0.2, 0.25) is 0 Å². The van der Waals surface area contributed by atoms with Gasteiger partial charge in [-0.2, -0.15) is 9.78 Å². The summed E-state index contributed by atoms with van der Waals surface area (Å²) in [7, 11) is 0. The third kappa shape index (κ3) is 3.59. The van der Waals surface area contributed by atoms with Crippen molar-refractivity contribution in [3.05, 3.63) is 65.6 Å². The van der Waals surface area contributed by atoms with Gasteiger partial charge in [0.2, 0.25) is 5.13 Å². The Bertz CT molecular complexity index is 1170. The molecule has 0 saturated carbocycles. The first-order chi connectivity index (χ1) is 13.5. The summed E-state index contributed by atoms with van der Waals surface area (Å²) < 4.78 is 21.8. The fourth-order valence-electron chi connectivity index (χ4n) is 2.77. The summed E-state index contributed by atoms with van der Waals surface area (Å²) >= 11 is 1.30. The second kappa shape index (κ2) is 7.40. The quantitative estimate of drug-likeness (QED) is 0.547. The van der Waals surface area contributed by atoms with Gasteiger partial charge in [0.05, 0.1) is 10.4 Å². The third-order valence-corrected chi connectivity index (χ3v) is 5.09. The minimum Gasteiger partial charge on any atom is -0.483 e. The fourth-order valence-corrected chi connectivity index (χ4v) is 3.71. The molecule has 0 aliphatic carbocycles. The number of nitrogens with one attached hydrogen (secondary N) is 1. The molecule has 0 radical (unpaired) electrons. The number of ether oxygens (including phenoxy) is 1. The van der Waals surface area contributed by atoms with E-state index in [2.05, 4.69) is 15.4 Å². The molecule has 0 atom stereocenters. The monoisotopic (exact) mass is 396 g/mol. The summed E-state index contributed by atoms with van der Waals surface area (Å²) in [6.45, 7) is 3.59. The van der Waals surface area contributed by atoms with E-state index in [1.54, 1.807) is 18.2 Å². The molecule has 1 amide bonds. The first-order valence-electron chi connectivity index (χ1n) is 8.61. The van der Waals surface area contributed by atoms with Gasteiger partial charge in [0.25, 0.3) is 5.91 Å². The highest BCUT2D eigenvalue weighted by Crippen LogP contribution is 2.28. The van der Waals surface area contributed by atoms with E-state index in [9.17, 15) is 9.18 Å². The SMILES string of the molecule is Cc1cc(NC(=O)COc2ccccc2C)n(-c2nc3c(F)cccc3s2)n1. The number of benzene rings is 2. The summed E-state index contributed by atoms with van der Waals surface area (Å²) in [6.07, 6.45) is 0. The first kappa shape index (κ1) is 18.1. The Morgan fingerprint density at radius 3 is 2.82 bits per heavy atom. The van der Waals surface area contributed by atoms with E-state index in [-0.39, 0.29) is 23.8 Å². The topological polar surface area (TPSA) is 69.0 Å². The van der Waals surface area contributed by atoms with Crippen LogP contribution in [0.3, 0.4) is 0 Å². The maximum Gasteiger partial charge on any atom is 0.263 e. The van der Waals surface area contributed by atoms with Gasteiger partial charge in [-0.05, 0) is 37.6 Å². The highest BCUT2D eigenvalue weighted by Gasteiger charge is 2.16. The van der Waals surface area contributed by atoms with Crippen molar-refractivity contribution >= 4 is 33.3 Å². The van der Waals surface area contributed by atoms with Gasteiger partial charge in [0.15, 0.2) is 6.61 Å². The van der Waals surface area contributed by atoms with Gasteiger partial charge in [-0.3, -0.25) is 4.79 Å². The molecule has 4 aromatic rings. The number of halogens is 1. The summed E-state index contributed by atoms with van der Waals surface area (Å²) in [6, 6.07) is 14.0. The average Bonchev–Trinajstić information content (AvgIpc) is 3.25. The Morgan fingerprint density at radius 2 is 2.04 bits per heavy atom. The van der Waals surface area contributed by atoms with Crippen LogP contribution < -0.4 is 10.1 Å². The number of carbonyl (C=O) groups is 1. The Hall–Kier alpha value is -3.26. The molecule has 2 aromatic heterocycles. The zero-order chi connectivity index (χ0) is 19.7. The number of anilines is 1. The molecule has 0 fully saturated rings. The molecule has 0 spiro atoms. The minimum atomic E-state index is -0.388. The molecule has 2 aromatic carbocycles. The zero-order valence-electron chi connectivity index (χ0n) is 15.3. The van der Waals surface area contributed by atoms with Gasteiger partial charge >= 0.3 is 0 Å². The van der Waals surface area contributed by atoms with Crippen LogP contribution >= 0.6 is 11.3 Å². The Labute approximate surface area is 164 Å². The van der Waals surface area contributed by atoms with Gasteiger partial charge in [-0.1, -0.05) is 35.6 Å². The number of hydrogen-bond donors (Lipinski definition) is 1. The van der Waals surface area contributed by atoms with Gasteiger partial charge in [0, 0.05) is 6.07 Å². The minimum absolute atomic E-state index is 0.135. The summed E-state index contributed by atoms with van der Waals surface area (Å²) in [5.41, 5.74) is 1.94. The number of rotatable bonds is 5. The van der Waals surface area contributed by atoms with Crippen molar-refractivity contribution in [2.24, 2.45) is 0 Å². The fraction of sp³-hybridized carbons (Fsp3) is 0.150. The lowest BCUT2D eigenvalue weighted by atomic mass is 10.2. The number of thiazole rings is 1. The number of para-hydroxylation sites is 2. The average molecular weight is 396 g/mol. The highest BCUT2D eigenvalue weighted by molar-refractivity contribution is 7.20. The molecular formula is C20H17FN4O2S. The predicted octanol–water partition coefficient (Wildman–Crippen LogP) is 4.26. The van der Waals surface area contributed by atoms with Crippen LogP contribution in [0.15, 0.2) is 48.5 Å².